The van der Waals surface area contributed by atoms with Crippen molar-refractivity contribution in [2.75, 3.05) is 6.54 Å². The van der Waals surface area contributed by atoms with Crippen LogP contribution < -0.4 is 5.32 Å². The Kier molecular flexibility index (Phi) is 4.55. The minimum atomic E-state index is -1.11. The normalized spacial score (nSPS) is 10.2. The van der Waals surface area contributed by atoms with E-state index in [1.807, 2.05) is 30.3 Å². The van der Waals surface area contributed by atoms with Crippen molar-refractivity contribution in [3.8, 4) is 0 Å². The number of aryl methyl sites for hydroxylation is 1. The second-order valence-electron chi connectivity index (χ2n) is 4.35. The zero-order valence-electron chi connectivity index (χ0n) is 10.8. The molecule has 0 bridgehead atoms. The van der Waals surface area contributed by atoms with E-state index in [-0.39, 0.29) is 11.3 Å². The summed E-state index contributed by atoms with van der Waals surface area (Å²) in [5, 5.41) is 11.4. The lowest BCUT2D eigenvalue weighted by molar-refractivity contribution is 0.0696. The second kappa shape index (κ2) is 6.56. The summed E-state index contributed by atoms with van der Waals surface area (Å²) in [7, 11) is 0. The molecule has 0 saturated heterocycles. The molecule has 20 heavy (non-hydrogen) atoms. The molecule has 2 N–H and O–H groups in total. The Morgan fingerprint density at radius 2 is 1.95 bits per heavy atom. The van der Waals surface area contributed by atoms with Gasteiger partial charge in [-0.05, 0) is 18.4 Å². The van der Waals surface area contributed by atoms with E-state index in [2.05, 4.69) is 5.32 Å². The van der Waals surface area contributed by atoms with Crippen molar-refractivity contribution in [2.24, 2.45) is 0 Å². The van der Waals surface area contributed by atoms with Gasteiger partial charge in [-0.15, -0.1) is 0 Å². The first-order chi connectivity index (χ1) is 9.66. The number of rotatable bonds is 6. The fourth-order valence-electron chi connectivity index (χ4n) is 1.79. The highest BCUT2D eigenvalue weighted by atomic mass is 16.4. The van der Waals surface area contributed by atoms with Gasteiger partial charge in [-0.1, -0.05) is 30.3 Å². The highest BCUT2D eigenvalue weighted by Gasteiger charge is 2.13. The molecule has 0 aliphatic rings. The molecule has 0 atom stereocenters. The Balaban J connectivity index is 1.76. The molecule has 1 aromatic carbocycles. The molecule has 0 fully saturated rings. The maximum atomic E-state index is 11.7. The number of amides is 1. The van der Waals surface area contributed by atoms with Gasteiger partial charge in [-0.2, -0.15) is 0 Å². The number of nitrogens with one attached hydrogen (secondary N) is 1. The molecule has 0 aliphatic heterocycles. The monoisotopic (exact) mass is 273 g/mol. The Labute approximate surface area is 116 Å². The lowest BCUT2D eigenvalue weighted by Gasteiger charge is -2.03. The first-order valence-electron chi connectivity index (χ1n) is 6.31. The van der Waals surface area contributed by atoms with Crippen molar-refractivity contribution in [3.63, 3.8) is 0 Å². The topological polar surface area (TPSA) is 79.5 Å². The van der Waals surface area contributed by atoms with Gasteiger partial charge in [0.2, 0.25) is 0 Å². The van der Waals surface area contributed by atoms with Crippen LogP contribution in [0.4, 0.5) is 0 Å². The number of hydrogen-bond acceptors (Lipinski definition) is 3. The first kappa shape index (κ1) is 13.9. The van der Waals surface area contributed by atoms with E-state index in [4.69, 9.17) is 9.52 Å². The van der Waals surface area contributed by atoms with Gasteiger partial charge in [0.1, 0.15) is 6.26 Å². The minimum Gasteiger partial charge on any atom is -0.478 e. The largest absolute Gasteiger partial charge is 0.478 e. The molecule has 1 amide bonds. The third-order valence-electron chi connectivity index (χ3n) is 2.84. The quantitative estimate of drug-likeness (QED) is 0.792. The number of carboxylic acids is 1. The van der Waals surface area contributed by atoms with Crippen LogP contribution in [0.15, 0.2) is 47.1 Å². The van der Waals surface area contributed by atoms with Crippen LogP contribution in [0.3, 0.4) is 0 Å². The number of hydrogen-bond donors (Lipinski definition) is 2. The van der Waals surface area contributed by atoms with Crippen LogP contribution >= 0.6 is 0 Å². The summed E-state index contributed by atoms with van der Waals surface area (Å²) in [6.45, 7) is 0.511. The molecule has 0 saturated carbocycles. The molecule has 0 spiro atoms. The number of carboxylic acid groups (broad SMARTS) is 1. The number of carbonyl (C=O) groups excluding carboxylic acids is 1. The van der Waals surface area contributed by atoms with Crippen molar-refractivity contribution >= 4 is 11.9 Å². The molecule has 0 radical (unpaired) electrons. The number of benzene rings is 1. The summed E-state index contributed by atoms with van der Waals surface area (Å²) in [6.07, 6.45) is 2.74. The fourth-order valence-corrected chi connectivity index (χ4v) is 1.79. The van der Waals surface area contributed by atoms with E-state index < -0.39 is 11.9 Å². The van der Waals surface area contributed by atoms with E-state index in [1.165, 1.54) is 11.6 Å². The van der Waals surface area contributed by atoms with Gasteiger partial charge in [-0.25, -0.2) is 4.79 Å². The average molecular weight is 273 g/mol. The minimum absolute atomic E-state index is 0.0158. The number of furan rings is 1. The van der Waals surface area contributed by atoms with Gasteiger partial charge in [0.25, 0.3) is 5.91 Å². The lowest BCUT2D eigenvalue weighted by Crippen LogP contribution is -2.24. The molecule has 104 valence electrons. The molecule has 0 unspecified atom stereocenters. The van der Waals surface area contributed by atoms with Gasteiger partial charge in [0.15, 0.2) is 5.76 Å². The van der Waals surface area contributed by atoms with Crippen molar-refractivity contribution in [2.45, 2.75) is 12.8 Å². The molecular weight excluding hydrogens is 258 g/mol. The van der Waals surface area contributed by atoms with E-state index >= 15 is 0 Å². The zero-order chi connectivity index (χ0) is 14.4. The van der Waals surface area contributed by atoms with Crippen LogP contribution in [0.1, 0.15) is 32.9 Å². The van der Waals surface area contributed by atoms with Gasteiger partial charge >= 0.3 is 5.97 Å². The van der Waals surface area contributed by atoms with Crippen LogP contribution in [0, 0.1) is 0 Å². The van der Waals surface area contributed by atoms with E-state index in [1.54, 1.807) is 0 Å². The standard InChI is InChI=1S/C15H15NO4/c17-14(13-9-12(10-20-13)15(18)19)16-8-4-7-11-5-2-1-3-6-11/h1-3,5-6,9-10H,4,7-8H2,(H,16,17)(H,18,19). The van der Waals surface area contributed by atoms with Crippen molar-refractivity contribution < 1.29 is 19.1 Å². The predicted molar refractivity (Wildman–Crippen MR) is 72.8 cm³/mol. The summed E-state index contributed by atoms with van der Waals surface area (Å²) < 4.78 is 4.91. The average Bonchev–Trinajstić information content (AvgIpc) is 2.94. The third-order valence-corrected chi connectivity index (χ3v) is 2.84. The molecular formula is C15H15NO4. The Hall–Kier alpha value is -2.56. The summed E-state index contributed by atoms with van der Waals surface area (Å²) in [5.41, 5.74) is 1.19. The SMILES string of the molecule is O=C(O)c1coc(C(=O)NCCCc2ccccc2)c1. The van der Waals surface area contributed by atoms with Crippen LogP contribution in [-0.4, -0.2) is 23.5 Å². The smallest absolute Gasteiger partial charge is 0.338 e. The highest BCUT2D eigenvalue weighted by Crippen LogP contribution is 2.07. The zero-order valence-corrected chi connectivity index (χ0v) is 10.8. The van der Waals surface area contributed by atoms with E-state index in [0.29, 0.717) is 6.54 Å². The molecule has 0 aliphatic carbocycles. The second-order valence-corrected chi connectivity index (χ2v) is 4.35. The Morgan fingerprint density at radius 1 is 1.20 bits per heavy atom. The summed E-state index contributed by atoms with van der Waals surface area (Å²) in [6, 6.07) is 11.2. The van der Waals surface area contributed by atoms with Gasteiger partial charge in [-0.3, -0.25) is 4.79 Å². The number of carbonyl (C=O) groups is 2. The Bertz CT molecular complexity index is 589. The Morgan fingerprint density at radius 3 is 2.60 bits per heavy atom. The van der Waals surface area contributed by atoms with Gasteiger partial charge in [0, 0.05) is 12.6 Å². The lowest BCUT2D eigenvalue weighted by atomic mass is 10.1. The van der Waals surface area contributed by atoms with Crippen LogP contribution in [0.5, 0.6) is 0 Å². The molecule has 1 aromatic heterocycles. The number of aromatic carboxylic acids is 1. The summed E-state index contributed by atoms with van der Waals surface area (Å²) in [5.74, 6) is -1.50. The molecule has 2 aromatic rings. The maximum absolute atomic E-state index is 11.7. The van der Waals surface area contributed by atoms with Crippen LogP contribution in [0.25, 0.3) is 0 Å². The highest BCUT2D eigenvalue weighted by molar-refractivity contribution is 5.95. The van der Waals surface area contributed by atoms with E-state index in [9.17, 15) is 9.59 Å². The first-order valence-corrected chi connectivity index (χ1v) is 6.31. The van der Waals surface area contributed by atoms with Crippen molar-refractivity contribution in [3.05, 3.63) is 59.5 Å². The fraction of sp³-hybridized carbons (Fsp3) is 0.200. The maximum Gasteiger partial charge on any atom is 0.338 e. The van der Waals surface area contributed by atoms with Gasteiger partial charge in [0.05, 0.1) is 5.56 Å². The predicted octanol–water partition coefficient (Wildman–Crippen LogP) is 2.34. The summed E-state index contributed by atoms with van der Waals surface area (Å²) >= 11 is 0. The summed E-state index contributed by atoms with van der Waals surface area (Å²) in [4.78, 5) is 22.4. The third kappa shape index (κ3) is 3.71. The molecule has 5 heteroatoms. The molecule has 5 nitrogen and oxygen atoms in total. The van der Waals surface area contributed by atoms with Crippen LogP contribution in [0.2, 0.25) is 0 Å². The molecule has 1 heterocycles. The van der Waals surface area contributed by atoms with Gasteiger partial charge < -0.3 is 14.8 Å². The van der Waals surface area contributed by atoms with Crippen molar-refractivity contribution in [1.29, 1.82) is 0 Å². The van der Waals surface area contributed by atoms with Crippen LogP contribution in [-0.2, 0) is 6.42 Å². The molecule has 2 rings (SSSR count). The van der Waals surface area contributed by atoms with E-state index in [0.717, 1.165) is 19.1 Å². The van der Waals surface area contributed by atoms with Crippen molar-refractivity contribution in [1.82, 2.24) is 5.32 Å².